The highest BCUT2D eigenvalue weighted by Gasteiger charge is 2.25. The Bertz CT molecular complexity index is 428. The molecule has 0 amide bonds. The molecule has 5 heteroatoms. The lowest BCUT2D eigenvalue weighted by Crippen LogP contribution is -2.48. The van der Waals surface area contributed by atoms with Crippen molar-refractivity contribution in [3.8, 4) is 0 Å². The van der Waals surface area contributed by atoms with Crippen LogP contribution in [0, 0.1) is 0 Å². The number of hydrogen-bond acceptors (Lipinski definition) is 5. The molecule has 0 bridgehead atoms. The quantitative estimate of drug-likeness (QED) is 0.903. The highest BCUT2D eigenvalue weighted by Crippen LogP contribution is 2.21. The zero-order valence-electron chi connectivity index (χ0n) is 12.2. The summed E-state index contributed by atoms with van der Waals surface area (Å²) < 4.78 is 5.91. The van der Waals surface area contributed by atoms with Crippen molar-refractivity contribution < 1.29 is 4.74 Å². The Morgan fingerprint density at radius 1 is 1.25 bits per heavy atom. The molecule has 5 nitrogen and oxygen atoms in total. The Balaban J connectivity index is 1.48. The number of rotatable bonds is 3. The molecule has 0 saturated carbocycles. The van der Waals surface area contributed by atoms with Crippen molar-refractivity contribution in [2.75, 3.05) is 43.4 Å². The molecule has 2 aliphatic heterocycles. The molecular weight excluding hydrogens is 252 g/mol. The number of nitrogens with zero attached hydrogens (tertiary/aromatic N) is 3. The van der Waals surface area contributed by atoms with Crippen molar-refractivity contribution in [2.24, 2.45) is 0 Å². The fraction of sp³-hybridized carbons (Fsp3) is 0.667. The maximum absolute atomic E-state index is 5.91. The van der Waals surface area contributed by atoms with Gasteiger partial charge in [0.15, 0.2) is 0 Å². The summed E-state index contributed by atoms with van der Waals surface area (Å²) in [6.45, 7) is 7.54. The number of nitrogens with two attached hydrogens (primary N) is 1. The molecular formula is C15H24N4O. The number of ether oxygens (including phenoxy) is 1. The Labute approximate surface area is 120 Å². The lowest BCUT2D eigenvalue weighted by molar-refractivity contribution is 0.0304. The van der Waals surface area contributed by atoms with E-state index in [-0.39, 0.29) is 0 Å². The van der Waals surface area contributed by atoms with Crippen LogP contribution in [0.3, 0.4) is 0 Å². The molecule has 2 saturated heterocycles. The van der Waals surface area contributed by atoms with Gasteiger partial charge in [-0.2, -0.15) is 0 Å². The number of pyridine rings is 1. The van der Waals surface area contributed by atoms with Gasteiger partial charge in [-0.1, -0.05) is 0 Å². The van der Waals surface area contributed by atoms with E-state index in [2.05, 4.69) is 27.8 Å². The number of nitrogen functional groups attached to an aromatic ring is 1. The first-order valence-electron chi connectivity index (χ1n) is 7.55. The third-order valence-corrected chi connectivity index (χ3v) is 4.29. The average Bonchev–Trinajstić information content (AvgIpc) is 2.86. The summed E-state index contributed by atoms with van der Waals surface area (Å²) in [4.78, 5) is 9.06. The molecule has 2 N–H and O–H groups in total. The lowest BCUT2D eigenvalue weighted by atomic mass is 10.2. The van der Waals surface area contributed by atoms with Crippen molar-refractivity contribution in [3.05, 3.63) is 18.3 Å². The van der Waals surface area contributed by atoms with Gasteiger partial charge in [0.1, 0.15) is 5.82 Å². The highest BCUT2D eigenvalue weighted by molar-refractivity contribution is 5.48. The second-order valence-corrected chi connectivity index (χ2v) is 5.87. The normalized spacial score (nSPS) is 27.9. The van der Waals surface area contributed by atoms with E-state index < -0.39 is 0 Å². The average molecular weight is 276 g/mol. The van der Waals surface area contributed by atoms with E-state index in [4.69, 9.17) is 10.5 Å². The van der Waals surface area contributed by atoms with Crippen molar-refractivity contribution >= 4 is 11.5 Å². The first-order chi connectivity index (χ1) is 9.70. The lowest BCUT2D eigenvalue weighted by Gasteiger charge is -2.36. The molecule has 1 aromatic rings. The van der Waals surface area contributed by atoms with Crippen LogP contribution in [0.5, 0.6) is 0 Å². The van der Waals surface area contributed by atoms with Crippen LogP contribution in [0.2, 0.25) is 0 Å². The molecule has 3 rings (SSSR count). The van der Waals surface area contributed by atoms with Crippen LogP contribution in [0.4, 0.5) is 11.5 Å². The molecule has 1 aromatic heterocycles. The summed E-state index contributed by atoms with van der Waals surface area (Å²) in [6, 6.07) is 3.93. The summed E-state index contributed by atoms with van der Waals surface area (Å²) in [5, 5.41) is 0. The molecule has 20 heavy (non-hydrogen) atoms. The maximum Gasteiger partial charge on any atom is 0.123 e. The van der Waals surface area contributed by atoms with Crippen LogP contribution in [0.1, 0.15) is 19.8 Å². The minimum Gasteiger partial charge on any atom is -0.384 e. The first kappa shape index (κ1) is 13.6. The minimum atomic E-state index is 0.440. The third kappa shape index (κ3) is 3.22. The minimum absolute atomic E-state index is 0.440. The van der Waals surface area contributed by atoms with Crippen molar-refractivity contribution in [1.29, 1.82) is 0 Å². The zero-order chi connectivity index (χ0) is 13.9. The molecule has 2 aliphatic rings. The van der Waals surface area contributed by atoms with Gasteiger partial charge in [-0.15, -0.1) is 0 Å². The van der Waals surface area contributed by atoms with Gasteiger partial charge in [0.2, 0.25) is 0 Å². The molecule has 2 atom stereocenters. The fourth-order valence-electron chi connectivity index (χ4n) is 3.08. The monoisotopic (exact) mass is 276 g/mol. The van der Waals surface area contributed by atoms with Gasteiger partial charge >= 0.3 is 0 Å². The van der Waals surface area contributed by atoms with Crippen LogP contribution >= 0.6 is 0 Å². The zero-order valence-corrected chi connectivity index (χ0v) is 12.2. The van der Waals surface area contributed by atoms with E-state index >= 15 is 0 Å². The summed E-state index contributed by atoms with van der Waals surface area (Å²) in [5.74, 6) is 0.583. The standard InChI is InChI=1S/C15H24N4O/c1-12-2-4-14(20-12)11-18-6-8-19(9-7-18)13-3-5-15(16)17-10-13/h3,5,10,12,14H,2,4,6-9,11H2,1H3,(H2,16,17). The van der Waals surface area contributed by atoms with E-state index in [0.717, 1.165) is 32.7 Å². The fourth-order valence-corrected chi connectivity index (χ4v) is 3.08. The van der Waals surface area contributed by atoms with Crippen LogP contribution in [0.15, 0.2) is 18.3 Å². The molecule has 110 valence electrons. The van der Waals surface area contributed by atoms with E-state index in [1.165, 1.54) is 18.5 Å². The number of anilines is 2. The molecule has 3 heterocycles. The van der Waals surface area contributed by atoms with E-state index in [9.17, 15) is 0 Å². The van der Waals surface area contributed by atoms with Crippen molar-refractivity contribution in [3.63, 3.8) is 0 Å². The van der Waals surface area contributed by atoms with Gasteiger partial charge in [-0.25, -0.2) is 4.98 Å². The second-order valence-electron chi connectivity index (χ2n) is 5.87. The third-order valence-electron chi connectivity index (χ3n) is 4.29. The van der Waals surface area contributed by atoms with Gasteiger partial charge in [0.25, 0.3) is 0 Å². The van der Waals surface area contributed by atoms with Gasteiger partial charge < -0.3 is 15.4 Å². The largest absolute Gasteiger partial charge is 0.384 e. The number of aromatic nitrogens is 1. The van der Waals surface area contributed by atoms with Gasteiger partial charge in [0.05, 0.1) is 24.1 Å². The number of hydrogen-bond donors (Lipinski definition) is 1. The predicted molar refractivity (Wildman–Crippen MR) is 80.9 cm³/mol. The smallest absolute Gasteiger partial charge is 0.123 e. The van der Waals surface area contributed by atoms with Gasteiger partial charge in [-0.3, -0.25) is 4.90 Å². The topological polar surface area (TPSA) is 54.6 Å². The maximum atomic E-state index is 5.91. The highest BCUT2D eigenvalue weighted by atomic mass is 16.5. The van der Waals surface area contributed by atoms with Crippen LogP contribution in [-0.2, 0) is 4.74 Å². The molecule has 2 unspecified atom stereocenters. The first-order valence-corrected chi connectivity index (χ1v) is 7.55. The van der Waals surface area contributed by atoms with Crippen LogP contribution < -0.4 is 10.6 Å². The van der Waals surface area contributed by atoms with Gasteiger partial charge in [0, 0.05) is 32.7 Å². The Hall–Kier alpha value is -1.33. The Morgan fingerprint density at radius 2 is 2.05 bits per heavy atom. The van der Waals surface area contributed by atoms with Crippen molar-refractivity contribution in [2.45, 2.75) is 32.0 Å². The van der Waals surface area contributed by atoms with E-state index in [1.807, 2.05) is 12.3 Å². The molecule has 0 aliphatic carbocycles. The van der Waals surface area contributed by atoms with Gasteiger partial charge in [-0.05, 0) is 31.9 Å². The SMILES string of the molecule is CC1CCC(CN2CCN(c3ccc(N)nc3)CC2)O1. The summed E-state index contributed by atoms with van der Waals surface area (Å²) in [7, 11) is 0. The molecule has 0 aromatic carbocycles. The van der Waals surface area contributed by atoms with Crippen LogP contribution in [-0.4, -0.2) is 54.8 Å². The number of piperazine rings is 1. The second kappa shape index (κ2) is 5.97. The molecule has 2 fully saturated rings. The molecule has 0 spiro atoms. The van der Waals surface area contributed by atoms with Crippen LogP contribution in [0.25, 0.3) is 0 Å². The van der Waals surface area contributed by atoms with E-state index in [1.54, 1.807) is 0 Å². The molecule has 0 radical (unpaired) electrons. The summed E-state index contributed by atoms with van der Waals surface area (Å²) >= 11 is 0. The summed E-state index contributed by atoms with van der Waals surface area (Å²) in [5.41, 5.74) is 6.80. The Kier molecular flexibility index (Phi) is 4.08. The predicted octanol–water partition coefficient (Wildman–Crippen LogP) is 1.35. The van der Waals surface area contributed by atoms with Crippen molar-refractivity contribution in [1.82, 2.24) is 9.88 Å². The Morgan fingerprint density at radius 3 is 2.65 bits per heavy atom. The summed E-state index contributed by atoms with van der Waals surface area (Å²) in [6.07, 6.45) is 5.18. The van der Waals surface area contributed by atoms with E-state index in [0.29, 0.717) is 18.0 Å².